The van der Waals surface area contributed by atoms with E-state index in [1.54, 1.807) is 23.6 Å². The largest absolute Gasteiger partial charge is 0.465 e. The van der Waals surface area contributed by atoms with Gasteiger partial charge in [-0.15, -0.1) is 0 Å². The SMILES string of the molecule is CCCCc1nc(S(C)(=O)=O)c(C(=O)OCC)n1Cc1ccc(-c2ccccc2C(=O)OC)cc1. The molecule has 186 valence electrons. The molecule has 0 aliphatic carbocycles. The number of carbonyl (C=O) groups is 2. The number of sulfone groups is 1. The number of hydrogen-bond acceptors (Lipinski definition) is 7. The lowest BCUT2D eigenvalue weighted by Gasteiger charge is -2.13. The molecule has 0 atom stereocenters. The van der Waals surface area contributed by atoms with Crippen LogP contribution in [0.5, 0.6) is 0 Å². The number of rotatable bonds is 10. The van der Waals surface area contributed by atoms with E-state index in [4.69, 9.17) is 9.47 Å². The van der Waals surface area contributed by atoms with Gasteiger partial charge in [-0.2, -0.15) is 0 Å². The summed E-state index contributed by atoms with van der Waals surface area (Å²) in [6.45, 7) is 4.06. The van der Waals surface area contributed by atoms with Crippen LogP contribution in [0.2, 0.25) is 0 Å². The molecule has 0 aliphatic rings. The Morgan fingerprint density at radius 1 is 1.00 bits per heavy atom. The highest BCUT2D eigenvalue weighted by Gasteiger charge is 2.29. The number of imidazole rings is 1. The minimum Gasteiger partial charge on any atom is -0.465 e. The van der Waals surface area contributed by atoms with E-state index >= 15 is 0 Å². The summed E-state index contributed by atoms with van der Waals surface area (Å²) < 4.78 is 36.6. The number of carbonyl (C=O) groups excluding carboxylic acids is 2. The number of aromatic nitrogens is 2. The van der Waals surface area contributed by atoms with Crippen LogP contribution in [0, 0.1) is 0 Å². The predicted octanol–water partition coefficient (Wildman–Crippen LogP) is 4.31. The Labute approximate surface area is 205 Å². The average Bonchev–Trinajstić information content (AvgIpc) is 3.21. The molecule has 2 aromatic carbocycles. The standard InChI is InChI=1S/C26H30N2O6S/c1-5-7-12-22-27-24(35(4,31)32)23(26(30)34-6-2)28(22)17-18-13-15-19(16-14-18)20-10-8-9-11-21(20)25(29)33-3/h8-11,13-16H,5-7,12,17H2,1-4H3. The van der Waals surface area contributed by atoms with Crippen molar-refractivity contribution in [3.8, 4) is 11.1 Å². The molecule has 8 nitrogen and oxygen atoms in total. The molecule has 0 fully saturated rings. The molecule has 9 heteroatoms. The van der Waals surface area contributed by atoms with Gasteiger partial charge in [-0.25, -0.2) is 23.0 Å². The maximum Gasteiger partial charge on any atom is 0.358 e. The van der Waals surface area contributed by atoms with Gasteiger partial charge in [0.25, 0.3) is 0 Å². The molecule has 0 saturated carbocycles. The van der Waals surface area contributed by atoms with Crippen molar-refractivity contribution in [3.05, 3.63) is 71.2 Å². The van der Waals surface area contributed by atoms with Gasteiger partial charge in [0, 0.05) is 19.2 Å². The van der Waals surface area contributed by atoms with Crippen LogP contribution in [-0.4, -0.2) is 49.9 Å². The lowest BCUT2D eigenvalue weighted by molar-refractivity contribution is 0.0508. The van der Waals surface area contributed by atoms with Crippen molar-refractivity contribution >= 4 is 21.8 Å². The summed E-state index contributed by atoms with van der Waals surface area (Å²) >= 11 is 0. The highest BCUT2D eigenvalue weighted by atomic mass is 32.2. The van der Waals surface area contributed by atoms with Crippen LogP contribution in [0.4, 0.5) is 0 Å². The summed E-state index contributed by atoms with van der Waals surface area (Å²) in [5.74, 6) is -0.613. The van der Waals surface area contributed by atoms with Crippen molar-refractivity contribution < 1.29 is 27.5 Å². The second kappa shape index (κ2) is 11.3. The number of hydrogen-bond donors (Lipinski definition) is 0. The third-order valence-corrected chi connectivity index (χ3v) is 6.51. The van der Waals surface area contributed by atoms with Crippen LogP contribution < -0.4 is 0 Å². The zero-order valence-corrected chi connectivity index (χ0v) is 21.2. The van der Waals surface area contributed by atoms with E-state index in [-0.39, 0.29) is 23.9 Å². The topological polar surface area (TPSA) is 105 Å². The number of benzene rings is 2. The lowest BCUT2D eigenvalue weighted by Crippen LogP contribution is -2.17. The molecule has 1 heterocycles. The minimum atomic E-state index is -3.75. The Balaban J connectivity index is 2.04. The van der Waals surface area contributed by atoms with Crippen molar-refractivity contribution in [2.24, 2.45) is 0 Å². The third kappa shape index (κ3) is 5.97. The monoisotopic (exact) mass is 498 g/mol. The molecule has 0 N–H and O–H groups in total. The van der Waals surface area contributed by atoms with E-state index in [0.717, 1.165) is 35.8 Å². The van der Waals surface area contributed by atoms with Gasteiger partial charge in [0.15, 0.2) is 20.6 Å². The van der Waals surface area contributed by atoms with Crippen LogP contribution in [0.1, 0.15) is 58.9 Å². The predicted molar refractivity (Wildman–Crippen MR) is 132 cm³/mol. The maximum absolute atomic E-state index is 12.8. The molecule has 0 aliphatic heterocycles. The third-order valence-electron chi connectivity index (χ3n) is 5.53. The number of nitrogens with zero attached hydrogens (tertiary/aromatic N) is 2. The fraction of sp³-hybridized carbons (Fsp3) is 0.346. The second-order valence-electron chi connectivity index (χ2n) is 8.10. The van der Waals surface area contributed by atoms with E-state index in [9.17, 15) is 18.0 Å². The van der Waals surface area contributed by atoms with Crippen molar-refractivity contribution in [2.75, 3.05) is 20.0 Å². The number of methoxy groups -OCH3 is 1. The zero-order valence-electron chi connectivity index (χ0n) is 20.4. The molecule has 1 aromatic heterocycles. The van der Waals surface area contributed by atoms with E-state index in [2.05, 4.69) is 4.98 Å². The summed E-state index contributed by atoms with van der Waals surface area (Å²) in [6.07, 6.45) is 3.26. The van der Waals surface area contributed by atoms with E-state index in [1.807, 2.05) is 43.3 Å². The van der Waals surface area contributed by atoms with Crippen LogP contribution >= 0.6 is 0 Å². The fourth-order valence-electron chi connectivity index (χ4n) is 3.82. The van der Waals surface area contributed by atoms with Crippen LogP contribution in [0.3, 0.4) is 0 Å². The van der Waals surface area contributed by atoms with E-state index in [1.165, 1.54) is 7.11 Å². The van der Waals surface area contributed by atoms with Crippen LogP contribution in [0.15, 0.2) is 53.6 Å². The Hall–Kier alpha value is -3.46. The number of esters is 2. The van der Waals surface area contributed by atoms with Crippen molar-refractivity contribution in [3.63, 3.8) is 0 Å². The van der Waals surface area contributed by atoms with E-state index < -0.39 is 21.8 Å². The summed E-state index contributed by atoms with van der Waals surface area (Å²) in [5.41, 5.74) is 2.81. The normalized spacial score (nSPS) is 11.3. The fourth-order valence-corrected chi connectivity index (χ4v) is 4.64. The molecule has 0 radical (unpaired) electrons. The summed E-state index contributed by atoms with van der Waals surface area (Å²) in [5, 5.41) is -0.259. The Morgan fingerprint density at radius 3 is 2.29 bits per heavy atom. The summed E-state index contributed by atoms with van der Waals surface area (Å²) in [4.78, 5) is 29.3. The molecule has 0 amide bonds. The molecule has 0 unspecified atom stereocenters. The van der Waals surface area contributed by atoms with Gasteiger partial charge >= 0.3 is 11.9 Å². The molecule has 0 bridgehead atoms. The molecule has 0 spiro atoms. The van der Waals surface area contributed by atoms with Gasteiger partial charge in [-0.05, 0) is 36.1 Å². The lowest BCUT2D eigenvalue weighted by atomic mass is 9.98. The van der Waals surface area contributed by atoms with Gasteiger partial charge in [0.2, 0.25) is 0 Å². The van der Waals surface area contributed by atoms with Gasteiger partial charge in [0.05, 0.1) is 19.3 Å². The Kier molecular flexibility index (Phi) is 8.45. The molecule has 3 rings (SSSR count). The van der Waals surface area contributed by atoms with Crippen molar-refractivity contribution in [2.45, 2.75) is 44.7 Å². The molecule has 0 saturated heterocycles. The van der Waals surface area contributed by atoms with E-state index in [0.29, 0.717) is 17.8 Å². The number of ether oxygens (including phenoxy) is 2. The maximum atomic E-state index is 12.8. The number of aryl methyl sites for hydroxylation is 1. The molecule has 35 heavy (non-hydrogen) atoms. The summed E-state index contributed by atoms with van der Waals surface area (Å²) in [6, 6.07) is 14.7. The molecule has 3 aromatic rings. The first-order valence-corrected chi connectivity index (χ1v) is 13.3. The van der Waals surface area contributed by atoms with Gasteiger partial charge < -0.3 is 14.0 Å². The highest BCUT2D eigenvalue weighted by Crippen LogP contribution is 2.26. The van der Waals surface area contributed by atoms with Gasteiger partial charge in [-0.1, -0.05) is 55.8 Å². The van der Waals surface area contributed by atoms with Gasteiger partial charge in [-0.3, -0.25) is 0 Å². The molecular weight excluding hydrogens is 468 g/mol. The average molecular weight is 499 g/mol. The second-order valence-corrected chi connectivity index (χ2v) is 10.0. The summed E-state index contributed by atoms with van der Waals surface area (Å²) in [7, 11) is -2.41. The first kappa shape index (κ1) is 26.2. The Morgan fingerprint density at radius 2 is 1.69 bits per heavy atom. The van der Waals surface area contributed by atoms with Crippen molar-refractivity contribution in [1.82, 2.24) is 9.55 Å². The van der Waals surface area contributed by atoms with Crippen LogP contribution in [-0.2, 0) is 32.3 Å². The van der Waals surface area contributed by atoms with Crippen molar-refractivity contribution in [1.29, 1.82) is 0 Å². The molecular formula is C26H30N2O6S. The first-order chi connectivity index (χ1) is 16.7. The quantitative estimate of drug-likeness (QED) is 0.384. The Bertz CT molecular complexity index is 1310. The zero-order chi connectivity index (χ0) is 25.6. The minimum absolute atomic E-state index is 0.0550. The number of unbranched alkanes of at least 4 members (excludes halogenated alkanes) is 1. The first-order valence-electron chi connectivity index (χ1n) is 11.4. The smallest absolute Gasteiger partial charge is 0.358 e. The van der Waals surface area contributed by atoms with Gasteiger partial charge in [0.1, 0.15) is 5.82 Å². The highest BCUT2D eigenvalue weighted by molar-refractivity contribution is 7.90. The van der Waals surface area contributed by atoms with Crippen LogP contribution in [0.25, 0.3) is 11.1 Å².